The van der Waals surface area contributed by atoms with Crippen LogP contribution >= 0.6 is 0 Å². The standard InChI is InChI=1S/C18H13FO/c1-12-6-7-13-4-2-3-5-16(13)18(12)14-8-9-15(11-20)17(19)10-14/h2-11H,1H3. The van der Waals surface area contributed by atoms with Crippen LogP contribution in [-0.4, -0.2) is 6.29 Å². The molecule has 0 unspecified atom stereocenters. The number of benzene rings is 3. The van der Waals surface area contributed by atoms with Crippen molar-refractivity contribution in [3.63, 3.8) is 0 Å². The smallest absolute Gasteiger partial charge is 0.152 e. The maximum absolute atomic E-state index is 13.8. The molecule has 0 heterocycles. The highest BCUT2D eigenvalue weighted by Crippen LogP contribution is 2.32. The van der Waals surface area contributed by atoms with E-state index in [1.54, 1.807) is 6.07 Å². The SMILES string of the molecule is Cc1ccc2ccccc2c1-c1ccc(C=O)c(F)c1. The lowest BCUT2D eigenvalue weighted by Gasteiger charge is -2.11. The average molecular weight is 264 g/mol. The monoisotopic (exact) mass is 264 g/mol. The Labute approximate surface area is 116 Å². The lowest BCUT2D eigenvalue weighted by Crippen LogP contribution is -1.91. The number of halogens is 1. The third kappa shape index (κ3) is 1.99. The Morgan fingerprint density at radius 1 is 1.00 bits per heavy atom. The highest BCUT2D eigenvalue weighted by molar-refractivity contribution is 5.98. The fraction of sp³-hybridized carbons (Fsp3) is 0.0556. The average Bonchev–Trinajstić information content (AvgIpc) is 2.47. The summed E-state index contributed by atoms with van der Waals surface area (Å²) in [5, 5.41) is 2.21. The number of rotatable bonds is 2. The van der Waals surface area contributed by atoms with Crippen molar-refractivity contribution in [3.8, 4) is 11.1 Å². The van der Waals surface area contributed by atoms with Crippen molar-refractivity contribution in [2.75, 3.05) is 0 Å². The van der Waals surface area contributed by atoms with Crippen LogP contribution in [0.5, 0.6) is 0 Å². The third-order valence-electron chi connectivity index (χ3n) is 3.55. The number of aldehydes is 1. The van der Waals surface area contributed by atoms with Crippen molar-refractivity contribution in [1.29, 1.82) is 0 Å². The lowest BCUT2D eigenvalue weighted by molar-refractivity contribution is 0.112. The fourth-order valence-electron chi connectivity index (χ4n) is 2.54. The molecule has 98 valence electrons. The minimum Gasteiger partial charge on any atom is -0.298 e. The van der Waals surface area contributed by atoms with Gasteiger partial charge in [-0.2, -0.15) is 0 Å². The Hall–Kier alpha value is -2.48. The second kappa shape index (κ2) is 4.89. The van der Waals surface area contributed by atoms with Crippen LogP contribution in [0.15, 0.2) is 54.6 Å². The first kappa shape index (κ1) is 12.5. The molecule has 0 amide bonds. The van der Waals surface area contributed by atoms with Crippen LogP contribution in [0.25, 0.3) is 21.9 Å². The molecule has 0 saturated carbocycles. The van der Waals surface area contributed by atoms with Gasteiger partial charge in [0, 0.05) is 0 Å². The molecule has 0 bridgehead atoms. The molecule has 20 heavy (non-hydrogen) atoms. The zero-order chi connectivity index (χ0) is 14.1. The zero-order valence-electron chi connectivity index (χ0n) is 11.1. The molecule has 0 aromatic heterocycles. The molecule has 1 nitrogen and oxygen atoms in total. The van der Waals surface area contributed by atoms with Gasteiger partial charge in [-0.3, -0.25) is 4.79 Å². The van der Waals surface area contributed by atoms with Gasteiger partial charge in [0.1, 0.15) is 5.82 Å². The summed E-state index contributed by atoms with van der Waals surface area (Å²) < 4.78 is 13.8. The maximum Gasteiger partial charge on any atom is 0.152 e. The van der Waals surface area contributed by atoms with E-state index in [-0.39, 0.29) is 5.56 Å². The van der Waals surface area contributed by atoms with Gasteiger partial charge < -0.3 is 0 Å². The van der Waals surface area contributed by atoms with E-state index in [9.17, 15) is 9.18 Å². The summed E-state index contributed by atoms with van der Waals surface area (Å²) in [6, 6.07) is 16.9. The van der Waals surface area contributed by atoms with E-state index in [1.165, 1.54) is 12.1 Å². The van der Waals surface area contributed by atoms with Crippen LogP contribution in [0, 0.1) is 12.7 Å². The van der Waals surface area contributed by atoms with Gasteiger partial charge in [-0.25, -0.2) is 4.39 Å². The lowest BCUT2D eigenvalue weighted by atomic mass is 9.93. The number of carbonyl (C=O) groups is 1. The van der Waals surface area contributed by atoms with Gasteiger partial charge in [-0.05, 0) is 46.5 Å². The predicted octanol–water partition coefficient (Wildman–Crippen LogP) is 4.77. The highest BCUT2D eigenvalue weighted by Gasteiger charge is 2.09. The topological polar surface area (TPSA) is 17.1 Å². The Morgan fingerprint density at radius 3 is 2.55 bits per heavy atom. The molecule has 3 aromatic carbocycles. The Bertz CT molecular complexity index is 806. The zero-order valence-corrected chi connectivity index (χ0v) is 11.1. The summed E-state index contributed by atoms with van der Waals surface area (Å²) in [4.78, 5) is 10.7. The number of hydrogen-bond acceptors (Lipinski definition) is 1. The largest absolute Gasteiger partial charge is 0.298 e. The van der Waals surface area contributed by atoms with Gasteiger partial charge in [-0.1, -0.05) is 42.5 Å². The quantitative estimate of drug-likeness (QED) is 0.609. The first-order chi connectivity index (χ1) is 9.70. The van der Waals surface area contributed by atoms with Gasteiger partial charge in [-0.15, -0.1) is 0 Å². The third-order valence-corrected chi connectivity index (χ3v) is 3.55. The van der Waals surface area contributed by atoms with E-state index in [2.05, 4.69) is 6.07 Å². The molecule has 2 heteroatoms. The van der Waals surface area contributed by atoms with Gasteiger partial charge in [0.2, 0.25) is 0 Å². The van der Waals surface area contributed by atoms with Crippen molar-refractivity contribution in [2.24, 2.45) is 0 Å². The number of fused-ring (bicyclic) bond motifs is 1. The van der Waals surface area contributed by atoms with Crippen LogP contribution in [0.1, 0.15) is 15.9 Å². The first-order valence-electron chi connectivity index (χ1n) is 6.44. The number of aryl methyl sites for hydroxylation is 1. The van der Waals surface area contributed by atoms with Gasteiger partial charge in [0.15, 0.2) is 6.29 Å². The van der Waals surface area contributed by atoms with Crippen molar-refractivity contribution in [1.82, 2.24) is 0 Å². The molecule has 0 saturated heterocycles. The maximum atomic E-state index is 13.8. The molecule has 0 fully saturated rings. The molecule has 0 spiro atoms. The number of hydrogen-bond donors (Lipinski definition) is 0. The fourth-order valence-corrected chi connectivity index (χ4v) is 2.54. The van der Waals surface area contributed by atoms with E-state index in [4.69, 9.17) is 0 Å². The molecule has 0 aliphatic rings. The minimum atomic E-state index is -0.482. The molecule has 0 atom stereocenters. The highest BCUT2D eigenvalue weighted by atomic mass is 19.1. The summed E-state index contributed by atoms with van der Waals surface area (Å²) in [6.45, 7) is 2.01. The van der Waals surface area contributed by atoms with E-state index >= 15 is 0 Å². The Balaban J connectivity index is 2.31. The summed E-state index contributed by atoms with van der Waals surface area (Å²) in [5.41, 5.74) is 2.98. The van der Waals surface area contributed by atoms with Crippen molar-refractivity contribution >= 4 is 17.1 Å². The van der Waals surface area contributed by atoms with Crippen LogP contribution in [0.4, 0.5) is 4.39 Å². The first-order valence-corrected chi connectivity index (χ1v) is 6.44. The molecule has 0 radical (unpaired) electrons. The summed E-state index contributed by atoms with van der Waals surface area (Å²) in [5.74, 6) is -0.482. The van der Waals surface area contributed by atoms with E-state index in [0.717, 1.165) is 27.5 Å². The van der Waals surface area contributed by atoms with E-state index in [1.807, 2.05) is 37.3 Å². The molecular weight excluding hydrogens is 251 g/mol. The molecular formula is C18H13FO. The van der Waals surface area contributed by atoms with E-state index < -0.39 is 5.82 Å². The predicted molar refractivity (Wildman–Crippen MR) is 79.5 cm³/mol. The van der Waals surface area contributed by atoms with Crippen LogP contribution < -0.4 is 0 Å². The number of carbonyl (C=O) groups excluding carboxylic acids is 1. The summed E-state index contributed by atoms with van der Waals surface area (Å²) in [6.07, 6.45) is 0.537. The van der Waals surface area contributed by atoms with Crippen LogP contribution in [-0.2, 0) is 0 Å². The second-order valence-corrected chi connectivity index (χ2v) is 4.83. The van der Waals surface area contributed by atoms with Crippen LogP contribution in [0.3, 0.4) is 0 Å². The molecule has 0 aliphatic carbocycles. The minimum absolute atomic E-state index is 0.0895. The molecule has 3 rings (SSSR count). The normalized spacial score (nSPS) is 10.7. The second-order valence-electron chi connectivity index (χ2n) is 4.83. The van der Waals surface area contributed by atoms with Crippen molar-refractivity contribution in [2.45, 2.75) is 6.92 Å². The van der Waals surface area contributed by atoms with Crippen LogP contribution in [0.2, 0.25) is 0 Å². The molecule has 0 aliphatic heterocycles. The summed E-state index contributed by atoms with van der Waals surface area (Å²) in [7, 11) is 0. The molecule has 0 N–H and O–H groups in total. The Morgan fingerprint density at radius 2 is 1.80 bits per heavy atom. The van der Waals surface area contributed by atoms with E-state index in [0.29, 0.717) is 6.29 Å². The van der Waals surface area contributed by atoms with Gasteiger partial charge in [0.25, 0.3) is 0 Å². The summed E-state index contributed by atoms with van der Waals surface area (Å²) >= 11 is 0. The van der Waals surface area contributed by atoms with Gasteiger partial charge in [0.05, 0.1) is 5.56 Å². The molecule has 3 aromatic rings. The van der Waals surface area contributed by atoms with Gasteiger partial charge >= 0.3 is 0 Å². The Kier molecular flexibility index (Phi) is 3.07. The van der Waals surface area contributed by atoms with Crippen molar-refractivity contribution < 1.29 is 9.18 Å². The van der Waals surface area contributed by atoms with Crippen molar-refractivity contribution in [3.05, 3.63) is 71.5 Å².